The summed E-state index contributed by atoms with van der Waals surface area (Å²) < 4.78 is 5.56. The first-order valence-electron chi connectivity index (χ1n) is 8.24. The number of aryl methyl sites for hydroxylation is 2. The lowest BCUT2D eigenvalue weighted by Gasteiger charge is -2.29. The van der Waals surface area contributed by atoms with E-state index in [9.17, 15) is 4.79 Å². The molecule has 1 fully saturated rings. The Bertz CT molecular complexity index is 499. The number of piperazine rings is 1. The maximum absolute atomic E-state index is 12.8. The molecule has 0 saturated carbocycles. The second-order valence-electron chi connectivity index (χ2n) is 6.18. The Morgan fingerprint density at radius 3 is 2.41 bits per heavy atom. The van der Waals surface area contributed by atoms with E-state index in [0.29, 0.717) is 6.61 Å². The van der Waals surface area contributed by atoms with Gasteiger partial charge in [-0.15, -0.1) is 0 Å². The van der Waals surface area contributed by atoms with Crippen LogP contribution in [0.15, 0.2) is 12.1 Å². The van der Waals surface area contributed by atoms with Gasteiger partial charge in [-0.1, -0.05) is 6.92 Å². The summed E-state index contributed by atoms with van der Waals surface area (Å²) in [5.74, 6) is 1.12. The summed E-state index contributed by atoms with van der Waals surface area (Å²) >= 11 is 0. The highest BCUT2D eigenvalue weighted by molar-refractivity contribution is 6.00. The van der Waals surface area contributed by atoms with Crippen LogP contribution in [0.5, 0.6) is 5.75 Å². The SMILES string of the molecule is CCOc1cc(C)c(C(=O)C(C)CN2CCNCC2)c(C)c1. The largest absolute Gasteiger partial charge is 0.494 e. The maximum Gasteiger partial charge on any atom is 0.167 e. The van der Waals surface area contributed by atoms with E-state index >= 15 is 0 Å². The molecule has 1 heterocycles. The zero-order valence-electron chi connectivity index (χ0n) is 14.2. The van der Waals surface area contributed by atoms with Crippen molar-refractivity contribution in [3.8, 4) is 5.75 Å². The highest BCUT2D eigenvalue weighted by atomic mass is 16.5. The van der Waals surface area contributed by atoms with Crippen LogP contribution in [0.2, 0.25) is 0 Å². The predicted octanol–water partition coefficient (Wildman–Crippen LogP) is 2.43. The van der Waals surface area contributed by atoms with E-state index in [2.05, 4.69) is 10.2 Å². The summed E-state index contributed by atoms with van der Waals surface area (Å²) in [6, 6.07) is 3.95. The molecule has 0 amide bonds. The van der Waals surface area contributed by atoms with Gasteiger partial charge in [-0.3, -0.25) is 4.79 Å². The van der Waals surface area contributed by atoms with Crippen molar-refractivity contribution in [3.05, 3.63) is 28.8 Å². The molecule has 1 aliphatic rings. The third kappa shape index (κ3) is 4.08. The van der Waals surface area contributed by atoms with E-state index in [1.807, 2.05) is 39.8 Å². The summed E-state index contributed by atoms with van der Waals surface area (Å²) in [6.45, 7) is 13.6. The average Bonchev–Trinajstić information content (AvgIpc) is 2.47. The zero-order valence-corrected chi connectivity index (χ0v) is 14.2. The quantitative estimate of drug-likeness (QED) is 0.820. The normalized spacial score (nSPS) is 17.3. The van der Waals surface area contributed by atoms with Crippen molar-refractivity contribution in [1.82, 2.24) is 10.2 Å². The van der Waals surface area contributed by atoms with Crippen LogP contribution in [-0.4, -0.2) is 50.0 Å². The number of carbonyl (C=O) groups is 1. The fraction of sp³-hybridized carbons (Fsp3) is 0.611. The molecule has 1 N–H and O–H groups in total. The molecule has 22 heavy (non-hydrogen) atoms. The molecule has 1 saturated heterocycles. The Labute approximate surface area is 133 Å². The van der Waals surface area contributed by atoms with Crippen LogP contribution in [0, 0.1) is 19.8 Å². The minimum Gasteiger partial charge on any atom is -0.494 e. The molecular formula is C18H28N2O2. The van der Waals surface area contributed by atoms with Crippen molar-refractivity contribution in [1.29, 1.82) is 0 Å². The van der Waals surface area contributed by atoms with Gasteiger partial charge >= 0.3 is 0 Å². The van der Waals surface area contributed by atoms with Crippen molar-refractivity contribution in [2.24, 2.45) is 5.92 Å². The van der Waals surface area contributed by atoms with Crippen molar-refractivity contribution in [3.63, 3.8) is 0 Å². The highest BCUT2D eigenvalue weighted by Gasteiger charge is 2.22. The standard InChI is InChI=1S/C18H28N2O2/c1-5-22-16-10-13(2)17(14(3)11-16)18(21)15(4)12-20-8-6-19-7-9-20/h10-11,15,19H,5-9,12H2,1-4H3. The van der Waals surface area contributed by atoms with Gasteiger partial charge in [-0.2, -0.15) is 0 Å². The number of carbonyl (C=O) groups excluding carboxylic acids is 1. The monoisotopic (exact) mass is 304 g/mol. The number of benzene rings is 1. The molecule has 0 aromatic heterocycles. The fourth-order valence-electron chi connectivity index (χ4n) is 3.17. The molecule has 1 aliphatic heterocycles. The Balaban J connectivity index is 2.10. The Morgan fingerprint density at radius 1 is 1.27 bits per heavy atom. The minimum atomic E-state index is 0.0217. The van der Waals surface area contributed by atoms with Crippen LogP contribution in [0.25, 0.3) is 0 Å². The molecule has 2 rings (SSSR count). The summed E-state index contributed by atoms with van der Waals surface area (Å²) in [5, 5.41) is 3.34. The third-order valence-electron chi connectivity index (χ3n) is 4.25. The molecule has 1 atom stereocenters. The molecule has 122 valence electrons. The van der Waals surface area contributed by atoms with Gasteiger partial charge < -0.3 is 15.0 Å². The second-order valence-corrected chi connectivity index (χ2v) is 6.18. The van der Waals surface area contributed by atoms with E-state index in [4.69, 9.17) is 4.74 Å². The lowest BCUT2D eigenvalue weighted by atomic mass is 9.91. The van der Waals surface area contributed by atoms with Crippen molar-refractivity contribution in [2.75, 3.05) is 39.3 Å². The van der Waals surface area contributed by atoms with Gasteiger partial charge in [-0.05, 0) is 44.0 Å². The van der Waals surface area contributed by atoms with Gasteiger partial charge in [0.2, 0.25) is 0 Å². The van der Waals surface area contributed by atoms with Crippen LogP contribution in [-0.2, 0) is 0 Å². The highest BCUT2D eigenvalue weighted by Crippen LogP contribution is 2.24. The smallest absolute Gasteiger partial charge is 0.167 e. The minimum absolute atomic E-state index is 0.0217. The molecule has 4 nitrogen and oxygen atoms in total. The van der Waals surface area contributed by atoms with Crippen LogP contribution in [0.3, 0.4) is 0 Å². The van der Waals surface area contributed by atoms with Crippen LogP contribution in [0.4, 0.5) is 0 Å². The molecule has 1 aromatic rings. The summed E-state index contributed by atoms with van der Waals surface area (Å²) in [7, 11) is 0. The Hall–Kier alpha value is -1.39. The molecule has 4 heteroatoms. The number of hydrogen-bond donors (Lipinski definition) is 1. The van der Waals surface area contributed by atoms with Crippen molar-refractivity contribution >= 4 is 5.78 Å². The molecule has 1 aromatic carbocycles. The van der Waals surface area contributed by atoms with Crippen LogP contribution < -0.4 is 10.1 Å². The Morgan fingerprint density at radius 2 is 1.86 bits per heavy atom. The second kappa shape index (κ2) is 7.75. The summed E-state index contributed by atoms with van der Waals surface area (Å²) in [6.07, 6.45) is 0. The molecule has 0 aliphatic carbocycles. The molecule has 0 spiro atoms. The molecule has 0 radical (unpaired) electrons. The number of ketones is 1. The first kappa shape index (κ1) is 17.0. The van der Waals surface area contributed by atoms with Gasteiger partial charge in [0.05, 0.1) is 6.61 Å². The van der Waals surface area contributed by atoms with Crippen LogP contribution >= 0.6 is 0 Å². The first-order valence-corrected chi connectivity index (χ1v) is 8.24. The third-order valence-corrected chi connectivity index (χ3v) is 4.25. The van der Waals surface area contributed by atoms with Gasteiger partial charge in [0.1, 0.15) is 5.75 Å². The first-order chi connectivity index (χ1) is 10.5. The van der Waals surface area contributed by atoms with Crippen LogP contribution in [0.1, 0.15) is 35.3 Å². The number of Topliss-reactive ketones (excluding diaryl/α,β-unsaturated/α-hetero) is 1. The van der Waals surface area contributed by atoms with Gasteiger partial charge in [-0.25, -0.2) is 0 Å². The number of ether oxygens (including phenoxy) is 1. The van der Waals surface area contributed by atoms with E-state index in [1.54, 1.807) is 0 Å². The van der Waals surface area contributed by atoms with E-state index in [0.717, 1.165) is 55.2 Å². The van der Waals surface area contributed by atoms with E-state index in [1.165, 1.54) is 0 Å². The maximum atomic E-state index is 12.8. The summed E-state index contributed by atoms with van der Waals surface area (Å²) in [4.78, 5) is 15.2. The fourth-order valence-corrected chi connectivity index (χ4v) is 3.17. The Kier molecular flexibility index (Phi) is 5.98. The molecule has 1 unspecified atom stereocenters. The van der Waals surface area contributed by atoms with Gasteiger partial charge in [0, 0.05) is 44.2 Å². The van der Waals surface area contributed by atoms with Gasteiger partial charge in [0.15, 0.2) is 5.78 Å². The van der Waals surface area contributed by atoms with Crippen molar-refractivity contribution < 1.29 is 9.53 Å². The van der Waals surface area contributed by atoms with Gasteiger partial charge in [0.25, 0.3) is 0 Å². The number of hydrogen-bond acceptors (Lipinski definition) is 4. The lowest BCUT2D eigenvalue weighted by molar-refractivity contribution is 0.0886. The van der Waals surface area contributed by atoms with Crippen molar-refractivity contribution in [2.45, 2.75) is 27.7 Å². The average molecular weight is 304 g/mol. The number of rotatable bonds is 6. The molecule has 0 bridgehead atoms. The van der Waals surface area contributed by atoms with E-state index < -0.39 is 0 Å². The number of nitrogens with zero attached hydrogens (tertiary/aromatic N) is 1. The number of nitrogens with one attached hydrogen (secondary N) is 1. The molecular weight excluding hydrogens is 276 g/mol. The topological polar surface area (TPSA) is 41.6 Å². The predicted molar refractivity (Wildman–Crippen MR) is 89.9 cm³/mol. The van der Waals surface area contributed by atoms with E-state index in [-0.39, 0.29) is 11.7 Å². The summed E-state index contributed by atoms with van der Waals surface area (Å²) in [5.41, 5.74) is 2.90. The zero-order chi connectivity index (χ0) is 16.1. The lowest BCUT2D eigenvalue weighted by Crippen LogP contribution is -2.45.